The second kappa shape index (κ2) is 9.87. The maximum Gasteiger partial charge on any atom is 0.279 e. The molecule has 0 aromatic heterocycles. The first-order chi connectivity index (χ1) is 12.1. The van der Waals surface area contributed by atoms with Gasteiger partial charge in [0.1, 0.15) is 6.54 Å². The van der Waals surface area contributed by atoms with Crippen molar-refractivity contribution >= 4 is 23.4 Å². The molecular formula is C20H24N3OS+. The third-order valence-corrected chi connectivity index (χ3v) is 4.79. The quantitative estimate of drug-likeness (QED) is 0.716. The van der Waals surface area contributed by atoms with Gasteiger partial charge < -0.3 is 10.2 Å². The molecule has 2 aromatic carbocycles. The Kier molecular flexibility index (Phi) is 7.52. The van der Waals surface area contributed by atoms with E-state index < -0.39 is 0 Å². The van der Waals surface area contributed by atoms with E-state index in [0.717, 1.165) is 28.4 Å². The van der Waals surface area contributed by atoms with Crippen LogP contribution in [0.3, 0.4) is 0 Å². The minimum absolute atomic E-state index is 0.0207. The molecule has 1 unspecified atom stereocenters. The Hall–Kier alpha value is -2.29. The fourth-order valence-corrected chi connectivity index (χ4v) is 3.25. The third kappa shape index (κ3) is 6.26. The van der Waals surface area contributed by atoms with E-state index in [1.807, 2.05) is 31.3 Å². The number of carbonyl (C=O) groups is 1. The number of benzene rings is 2. The minimum Gasteiger partial charge on any atom is -0.326 e. The lowest BCUT2D eigenvalue weighted by Crippen LogP contribution is -3.08. The number of amides is 1. The number of rotatable bonds is 8. The lowest BCUT2D eigenvalue weighted by atomic mass is 10.1. The van der Waals surface area contributed by atoms with Gasteiger partial charge in [0.15, 0.2) is 6.54 Å². The lowest BCUT2D eigenvalue weighted by Gasteiger charge is -2.15. The van der Waals surface area contributed by atoms with Gasteiger partial charge in [-0.1, -0.05) is 43.3 Å². The molecule has 1 amide bonds. The number of nitriles is 1. The lowest BCUT2D eigenvalue weighted by molar-refractivity contribution is -0.885. The van der Waals surface area contributed by atoms with Crippen molar-refractivity contribution in [2.75, 3.05) is 24.7 Å². The van der Waals surface area contributed by atoms with Crippen LogP contribution >= 0.6 is 11.8 Å². The van der Waals surface area contributed by atoms with Gasteiger partial charge in [0.2, 0.25) is 0 Å². The Morgan fingerprint density at radius 1 is 1.16 bits per heavy atom. The van der Waals surface area contributed by atoms with Crippen LogP contribution in [0.25, 0.3) is 0 Å². The van der Waals surface area contributed by atoms with Crippen molar-refractivity contribution in [2.24, 2.45) is 0 Å². The number of aryl methyl sites for hydroxylation is 1. The summed E-state index contributed by atoms with van der Waals surface area (Å²) in [6.07, 6.45) is 1.04. The number of quaternary nitrogens is 1. The zero-order chi connectivity index (χ0) is 18.1. The first-order valence-electron chi connectivity index (χ1n) is 8.40. The van der Waals surface area contributed by atoms with E-state index in [1.54, 1.807) is 0 Å². The maximum absolute atomic E-state index is 12.3. The summed E-state index contributed by atoms with van der Waals surface area (Å²) in [7, 11) is 2.02. The van der Waals surface area contributed by atoms with E-state index in [4.69, 9.17) is 5.26 Å². The van der Waals surface area contributed by atoms with Crippen LogP contribution in [0.5, 0.6) is 0 Å². The molecule has 2 N–H and O–H groups in total. The second-order valence-corrected chi connectivity index (χ2v) is 6.99. The molecule has 25 heavy (non-hydrogen) atoms. The predicted octanol–water partition coefficient (Wildman–Crippen LogP) is 2.52. The molecule has 0 fully saturated rings. The van der Waals surface area contributed by atoms with Crippen LogP contribution in [0.4, 0.5) is 5.69 Å². The fourth-order valence-electron chi connectivity index (χ4n) is 2.58. The van der Waals surface area contributed by atoms with Crippen molar-refractivity contribution in [3.8, 4) is 6.07 Å². The van der Waals surface area contributed by atoms with Crippen LogP contribution in [0.15, 0.2) is 53.4 Å². The minimum atomic E-state index is -0.0207. The Morgan fingerprint density at radius 3 is 2.52 bits per heavy atom. The van der Waals surface area contributed by atoms with Crippen LogP contribution in [-0.4, -0.2) is 25.3 Å². The van der Waals surface area contributed by atoms with Gasteiger partial charge in [-0.15, -0.1) is 11.8 Å². The summed E-state index contributed by atoms with van der Waals surface area (Å²) in [5.41, 5.74) is 3.32. The first-order valence-corrected chi connectivity index (χ1v) is 9.38. The van der Waals surface area contributed by atoms with Gasteiger partial charge in [-0.25, -0.2) is 0 Å². The molecule has 0 bridgehead atoms. The zero-order valence-corrected chi connectivity index (χ0v) is 15.5. The van der Waals surface area contributed by atoms with Crippen LogP contribution < -0.4 is 10.2 Å². The van der Waals surface area contributed by atoms with Crippen molar-refractivity contribution in [3.05, 3.63) is 59.7 Å². The summed E-state index contributed by atoms with van der Waals surface area (Å²) >= 11 is 1.43. The topological polar surface area (TPSA) is 57.3 Å². The molecule has 0 aliphatic rings. The van der Waals surface area contributed by atoms with Crippen LogP contribution in [0.2, 0.25) is 0 Å². The van der Waals surface area contributed by atoms with Crippen molar-refractivity contribution < 1.29 is 9.69 Å². The summed E-state index contributed by atoms with van der Waals surface area (Å²) in [6, 6.07) is 18.3. The number of nitrogens with zero attached hydrogens (tertiary/aromatic N) is 1. The highest BCUT2D eigenvalue weighted by atomic mass is 32.2. The molecule has 4 nitrogen and oxygen atoms in total. The standard InChI is InChI=1S/C20H23N3OS/c1-3-16-8-10-17(11-9-16)14-23(2)15-20(24)22-18-6-4-5-7-19(18)25-13-12-21/h4-11H,3,13-15H2,1-2H3,(H,22,24)/p+1. The van der Waals surface area contributed by atoms with Gasteiger partial charge in [-0.2, -0.15) is 5.26 Å². The highest BCUT2D eigenvalue weighted by molar-refractivity contribution is 7.99. The highest BCUT2D eigenvalue weighted by Gasteiger charge is 2.12. The molecule has 130 valence electrons. The average Bonchev–Trinajstić information content (AvgIpc) is 2.61. The number of carbonyl (C=O) groups excluding carboxylic acids is 1. The van der Waals surface area contributed by atoms with E-state index in [9.17, 15) is 4.79 Å². The van der Waals surface area contributed by atoms with Crippen molar-refractivity contribution in [1.29, 1.82) is 5.26 Å². The van der Waals surface area contributed by atoms with Gasteiger partial charge in [0.05, 0.1) is 24.6 Å². The van der Waals surface area contributed by atoms with E-state index >= 15 is 0 Å². The maximum atomic E-state index is 12.3. The number of thioether (sulfide) groups is 1. The number of hydrogen-bond donors (Lipinski definition) is 2. The average molecular weight is 354 g/mol. The molecule has 0 aliphatic heterocycles. The molecule has 0 heterocycles. The summed E-state index contributed by atoms with van der Waals surface area (Å²) < 4.78 is 0. The molecular weight excluding hydrogens is 330 g/mol. The van der Waals surface area contributed by atoms with Crippen LogP contribution in [0.1, 0.15) is 18.1 Å². The Bertz CT molecular complexity index is 737. The zero-order valence-electron chi connectivity index (χ0n) is 14.7. The normalized spacial score (nSPS) is 11.6. The monoisotopic (exact) mass is 354 g/mol. The Morgan fingerprint density at radius 2 is 1.84 bits per heavy atom. The summed E-state index contributed by atoms with van der Waals surface area (Å²) in [5, 5.41) is 11.7. The Labute approximate surface area is 153 Å². The van der Waals surface area contributed by atoms with E-state index in [0.29, 0.717) is 12.3 Å². The number of likely N-dealkylation sites (N-methyl/N-ethyl adjacent to an activating group) is 1. The first kappa shape index (κ1) is 19.0. The Balaban J connectivity index is 1.90. The van der Waals surface area contributed by atoms with Crippen molar-refractivity contribution in [3.63, 3.8) is 0 Å². The van der Waals surface area contributed by atoms with Crippen molar-refractivity contribution in [1.82, 2.24) is 0 Å². The van der Waals surface area contributed by atoms with Crippen molar-refractivity contribution in [2.45, 2.75) is 24.8 Å². The molecule has 2 rings (SSSR count). The van der Waals surface area contributed by atoms with Gasteiger partial charge in [0.25, 0.3) is 5.91 Å². The number of para-hydroxylation sites is 1. The van der Waals surface area contributed by atoms with Crippen LogP contribution in [-0.2, 0) is 17.8 Å². The molecule has 0 saturated carbocycles. The molecule has 2 aromatic rings. The number of hydrogen-bond acceptors (Lipinski definition) is 3. The van der Waals surface area contributed by atoms with Gasteiger partial charge in [0, 0.05) is 10.5 Å². The summed E-state index contributed by atoms with van der Waals surface area (Å²) in [5.74, 6) is 0.346. The SMILES string of the molecule is CCc1ccc(C[NH+](C)CC(=O)Nc2ccccc2SCC#N)cc1. The van der Waals surface area contributed by atoms with Gasteiger partial charge in [-0.05, 0) is 24.1 Å². The smallest absolute Gasteiger partial charge is 0.279 e. The number of nitrogens with one attached hydrogen (secondary N) is 2. The molecule has 1 atom stereocenters. The van der Waals surface area contributed by atoms with E-state index in [1.165, 1.54) is 22.9 Å². The number of anilines is 1. The molecule has 0 radical (unpaired) electrons. The molecule has 0 saturated heterocycles. The second-order valence-electron chi connectivity index (χ2n) is 5.97. The predicted molar refractivity (Wildman–Crippen MR) is 103 cm³/mol. The van der Waals surface area contributed by atoms with Gasteiger partial charge >= 0.3 is 0 Å². The largest absolute Gasteiger partial charge is 0.326 e. The molecule has 0 aliphatic carbocycles. The summed E-state index contributed by atoms with van der Waals surface area (Å²) in [6.45, 7) is 3.35. The van der Waals surface area contributed by atoms with Crippen LogP contribution in [0, 0.1) is 11.3 Å². The fraction of sp³-hybridized carbons (Fsp3) is 0.300. The highest BCUT2D eigenvalue weighted by Crippen LogP contribution is 2.26. The van der Waals surface area contributed by atoms with Gasteiger partial charge in [-0.3, -0.25) is 4.79 Å². The van der Waals surface area contributed by atoms with E-state index in [-0.39, 0.29) is 5.91 Å². The molecule has 5 heteroatoms. The molecule has 0 spiro atoms. The summed E-state index contributed by atoms with van der Waals surface area (Å²) in [4.78, 5) is 14.4. The van der Waals surface area contributed by atoms with E-state index in [2.05, 4.69) is 42.6 Å². The third-order valence-electron chi connectivity index (χ3n) is 3.85.